The number of aryl methyl sites for hydroxylation is 1. The number of hydrogen-bond acceptors (Lipinski definition) is 6. The number of benzene rings is 2. The fourth-order valence-electron chi connectivity index (χ4n) is 5.19. The number of fused-ring (bicyclic) bond motifs is 1. The first-order valence-corrected chi connectivity index (χ1v) is 13.6. The van der Waals surface area contributed by atoms with Crippen molar-refractivity contribution in [3.8, 4) is 22.8 Å². The molecule has 4 aromatic rings. The van der Waals surface area contributed by atoms with E-state index in [1.165, 1.54) is 18.4 Å². The normalized spacial score (nSPS) is 14.9. The quantitative estimate of drug-likeness (QED) is 0.261. The third kappa shape index (κ3) is 4.68. The van der Waals surface area contributed by atoms with Gasteiger partial charge in [-0.05, 0) is 99.0 Å². The molecule has 1 aliphatic carbocycles. The highest BCUT2D eigenvalue weighted by atomic mass is 16.5. The smallest absolute Gasteiger partial charge is 0.311 e. The summed E-state index contributed by atoms with van der Waals surface area (Å²) in [5.41, 5.74) is 6.87. The summed E-state index contributed by atoms with van der Waals surface area (Å²) in [5.74, 6) is 2.00. The molecule has 0 bridgehead atoms. The average molecular weight is 511 g/mol. The van der Waals surface area contributed by atoms with Gasteiger partial charge in [0.1, 0.15) is 5.75 Å². The van der Waals surface area contributed by atoms with Crippen molar-refractivity contribution in [3.63, 3.8) is 0 Å². The van der Waals surface area contributed by atoms with Crippen LogP contribution in [0.4, 0.5) is 0 Å². The van der Waals surface area contributed by atoms with Gasteiger partial charge in [-0.2, -0.15) is 0 Å². The number of hydrogen-bond donors (Lipinski definition) is 0. The first-order valence-electron chi connectivity index (χ1n) is 13.6. The van der Waals surface area contributed by atoms with E-state index in [4.69, 9.17) is 24.2 Å². The summed E-state index contributed by atoms with van der Waals surface area (Å²) in [6.45, 7) is 9.43. The van der Waals surface area contributed by atoms with Gasteiger partial charge in [-0.1, -0.05) is 0 Å². The zero-order valence-electron chi connectivity index (χ0n) is 22.6. The lowest BCUT2D eigenvalue weighted by atomic mass is 9.88. The van der Waals surface area contributed by atoms with Gasteiger partial charge in [-0.25, -0.2) is 4.98 Å². The second-order valence-corrected chi connectivity index (χ2v) is 11.6. The third-order valence-corrected chi connectivity index (χ3v) is 7.50. The monoisotopic (exact) mass is 510 g/mol. The van der Waals surface area contributed by atoms with Gasteiger partial charge in [0.25, 0.3) is 0 Å². The third-order valence-electron chi connectivity index (χ3n) is 7.50. The Morgan fingerprint density at radius 3 is 2.76 bits per heavy atom. The van der Waals surface area contributed by atoms with E-state index in [9.17, 15) is 4.79 Å². The molecule has 0 radical (unpaired) electrons. The Bertz CT molecular complexity index is 1540. The first kappa shape index (κ1) is 24.7. The van der Waals surface area contributed by atoms with Gasteiger partial charge in [0, 0.05) is 41.4 Å². The van der Waals surface area contributed by atoms with Crippen LogP contribution < -0.4 is 9.47 Å². The molecule has 6 rings (SSSR count). The van der Waals surface area contributed by atoms with Gasteiger partial charge in [0.15, 0.2) is 0 Å². The summed E-state index contributed by atoms with van der Waals surface area (Å²) in [4.78, 5) is 22.2. The molecule has 0 N–H and O–H groups in total. The van der Waals surface area contributed by atoms with Gasteiger partial charge >= 0.3 is 5.97 Å². The molecule has 1 aliphatic heterocycles. The summed E-state index contributed by atoms with van der Waals surface area (Å²) in [6.07, 6.45) is 5.83. The Morgan fingerprint density at radius 2 is 1.97 bits per heavy atom. The van der Waals surface area contributed by atoms with Crippen LogP contribution in [0.25, 0.3) is 32.9 Å². The summed E-state index contributed by atoms with van der Waals surface area (Å²) in [7, 11) is 0. The molecule has 1 fully saturated rings. The molecule has 2 aromatic carbocycles. The Hall–Kier alpha value is -3.67. The fourth-order valence-corrected chi connectivity index (χ4v) is 5.19. The number of carbonyl (C=O) groups is 1. The van der Waals surface area contributed by atoms with Crippen LogP contribution in [-0.4, -0.2) is 35.8 Å². The predicted octanol–water partition coefficient (Wildman–Crippen LogP) is 6.61. The van der Waals surface area contributed by atoms with Crippen LogP contribution in [-0.2, 0) is 22.4 Å². The Labute approximate surface area is 223 Å². The van der Waals surface area contributed by atoms with E-state index < -0.39 is 5.41 Å². The van der Waals surface area contributed by atoms with E-state index in [1.54, 1.807) is 0 Å². The van der Waals surface area contributed by atoms with Crippen LogP contribution >= 0.6 is 0 Å². The summed E-state index contributed by atoms with van der Waals surface area (Å²) < 4.78 is 17.7. The Morgan fingerprint density at radius 1 is 1.13 bits per heavy atom. The van der Waals surface area contributed by atoms with Gasteiger partial charge in [-0.15, -0.1) is 0 Å². The first-order chi connectivity index (χ1) is 18.3. The van der Waals surface area contributed by atoms with Crippen molar-refractivity contribution in [1.29, 1.82) is 0 Å². The van der Waals surface area contributed by atoms with E-state index >= 15 is 0 Å². The van der Waals surface area contributed by atoms with Gasteiger partial charge in [0.05, 0.1) is 36.3 Å². The van der Waals surface area contributed by atoms with Gasteiger partial charge in [0.2, 0.25) is 5.88 Å². The van der Waals surface area contributed by atoms with Crippen LogP contribution in [0.3, 0.4) is 0 Å². The number of aromatic nitrogens is 2. The molecule has 0 amide bonds. The standard InChI is InChI=1S/C32H34N2O4/c1-19-17-25-23(8-10-27(34-25)38-18-20-5-6-20)29(22(19)13-16-37-31(35)32(2,3)4)24-7-9-26-28-21(12-15-36-26)11-14-33-30(24)28/h7-11,14,17,20H,5-6,12-13,15-16,18H2,1-4H3. The number of pyridine rings is 2. The second-order valence-electron chi connectivity index (χ2n) is 11.6. The van der Waals surface area contributed by atoms with E-state index in [2.05, 4.69) is 37.3 Å². The predicted molar refractivity (Wildman–Crippen MR) is 149 cm³/mol. The maximum Gasteiger partial charge on any atom is 0.311 e. The molecule has 1 saturated carbocycles. The molecular weight excluding hydrogens is 476 g/mol. The lowest BCUT2D eigenvalue weighted by molar-refractivity contribution is -0.152. The van der Waals surface area contributed by atoms with Crippen LogP contribution in [0, 0.1) is 18.3 Å². The van der Waals surface area contributed by atoms with Gasteiger partial charge in [-0.3, -0.25) is 9.78 Å². The molecule has 2 aliphatic rings. The SMILES string of the molecule is Cc1cc2nc(OCC3CC3)ccc2c(-c2ccc3c4c(ccnc24)CCO3)c1CCOC(=O)C(C)(C)C. The zero-order chi connectivity index (χ0) is 26.4. The number of nitrogens with zero attached hydrogens (tertiary/aromatic N) is 2. The topological polar surface area (TPSA) is 70.5 Å². The Balaban J connectivity index is 1.49. The van der Waals surface area contributed by atoms with Crippen LogP contribution in [0.5, 0.6) is 11.6 Å². The minimum Gasteiger partial charge on any atom is -0.493 e. The fraction of sp³-hybridized carbons (Fsp3) is 0.406. The molecule has 6 heteroatoms. The zero-order valence-corrected chi connectivity index (χ0v) is 22.6. The van der Waals surface area contributed by atoms with Crippen molar-refractivity contribution in [2.45, 2.75) is 53.4 Å². The molecule has 196 valence electrons. The molecule has 2 aromatic heterocycles. The lowest BCUT2D eigenvalue weighted by Crippen LogP contribution is -2.24. The van der Waals surface area contributed by atoms with Crippen molar-refractivity contribution < 1.29 is 19.0 Å². The number of rotatable bonds is 7. The summed E-state index contributed by atoms with van der Waals surface area (Å²) in [5, 5.41) is 2.11. The molecule has 0 atom stereocenters. The average Bonchev–Trinajstić information content (AvgIpc) is 3.72. The van der Waals surface area contributed by atoms with Crippen molar-refractivity contribution in [3.05, 3.63) is 59.3 Å². The summed E-state index contributed by atoms with van der Waals surface area (Å²) >= 11 is 0. The van der Waals surface area contributed by atoms with Crippen molar-refractivity contribution in [1.82, 2.24) is 9.97 Å². The Kier molecular flexibility index (Phi) is 6.21. The maximum atomic E-state index is 12.5. The molecule has 0 saturated heterocycles. The number of carbonyl (C=O) groups excluding carboxylic acids is 1. The maximum absolute atomic E-state index is 12.5. The highest BCUT2D eigenvalue weighted by Crippen LogP contribution is 2.42. The number of ether oxygens (including phenoxy) is 3. The summed E-state index contributed by atoms with van der Waals surface area (Å²) in [6, 6.07) is 12.4. The highest BCUT2D eigenvalue weighted by molar-refractivity contribution is 6.07. The van der Waals surface area contributed by atoms with Crippen LogP contribution in [0.2, 0.25) is 0 Å². The van der Waals surface area contributed by atoms with Crippen molar-refractivity contribution in [2.24, 2.45) is 11.3 Å². The molecule has 0 spiro atoms. The van der Waals surface area contributed by atoms with E-state index in [-0.39, 0.29) is 5.97 Å². The highest BCUT2D eigenvalue weighted by Gasteiger charge is 2.25. The molecule has 6 nitrogen and oxygen atoms in total. The second kappa shape index (κ2) is 9.57. The minimum atomic E-state index is -0.540. The van der Waals surface area contributed by atoms with Crippen molar-refractivity contribution in [2.75, 3.05) is 19.8 Å². The molecule has 0 unspecified atom stereocenters. The minimum absolute atomic E-state index is 0.197. The molecular formula is C32H34N2O4. The largest absolute Gasteiger partial charge is 0.493 e. The molecule has 38 heavy (non-hydrogen) atoms. The van der Waals surface area contributed by atoms with E-state index in [1.807, 2.05) is 33.0 Å². The van der Waals surface area contributed by atoms with Crippen LogP contribution in [0.15, 0.2) is 42.6 Å². The van der Waals surface area contributed by atoms with Crippen molar-refractivity contribution >= 4 is 27.8 Å². The van der Waals surface area contributed by atoms with Gasteiger partial charge < -0.3 is 14.2 Å². The number of esters is 1. The van der Waals surface area contributed by atoms with E-state index in [0.29, 0.717) is 31.4 Å². The lowest BCUT2D eigenvalue weighted by Gasteiger charge is -2.22. The van der Waals surface area contributed by atoms with Crippen LogP contribution in [0.1, 0.15) is 50.3 Å². The molecule has 3 heterocycles. The van der Waals surface area contributed by atoms with E-state index in [0.717, 1.165) is 62.8 Å².